The number of nitrogens with zero attached hydrogens (tertiary/aromatic N) is 1. The molecule has 1 saturated heterocycles. The first-order chi connectivity index (χ1) is 8.00. The summed E-state index contributed by atoms with van der Waals surface area (Å²) in [4.78, 5) is 2.28. The molecule has 0 amide bonds. The monoisotopic (exact) mass is 317 g/mol. The maximum Gasteiger partial charge on any atom is 0.0766 e. The van der Waals surface area contributed by atoms with Gasteiger partial charge in [-0.05, 0) is 40.8 Å². The lowest BCUT2D eigenvalue weighted by Gasteiger charge is -2.34. The zero-order valence-corrected chi connectivity index (χ0v) is 12.2. The highest BCUT2D eigenvalue weighted by Gasteiger charge is 2.21. The SMILES string of the molecule is CC1CCN(c2c(N)cc(Cl)c(N)c2Br)CC1. The number of hydrogen-bond donors (Lipinski definition) is 2. The highest BCUT2D eigenvalue weighted by molar-refractivity contribution is 9.10. The molecule has 5 heteroatoms. The first-order valence-electron chi connectivity index (χ1n) is 5.78. The molecule has 0 atom stereocenters. The van der Waals surface area contributed by atoms with Crippen LogP contribution >= 0.6 is 27.5 Å². The first-order valence-corrected chi connectivity index (χ1v) is 6.95. The van der Waals surface area contributed by atoms with Gasteiger partial charge in [0.25, 0.3) is 0 Å². The summed E-state index contributed by atoms with van der Waals surface area (Å²) in [7, 11) is 0. The van der Waals surface area contributed by atoms with E-state index in [0.29, 0.717) is 16.4 Å². The minimum Gasteiger partial charge on any atom is -0.397 e. The molecular formula is C12H17BrClN3. The topological polar surface area (TPSA) is 55.3 Å². The second kappa shape index (κ2) is 4.94. The maximum absolute atomic E-state index is 6.04. The third-order valence-corrected chi connectivity index (χ3v) is 4.47. The number of benzene rings is 1. The molecule has 4 N–H and O–H groups in total. The number of piperidine rings is 1. The summed E-state index contributed by atoms with van der Waals surface area (Å²) in [6.07, 6.45) is 2.38. The van der Waals surface area contributed by atoms with Crippen molar-refractivity contribution >= 4 is 44.6 Å². The Hall–Kier alpha value is -0.610. The van der Waals surface area contributed by atoms with Crippen LogP contribution < -0.4 is 16.4 Å². The number of halogens is 2. The Labute approximate surface area is 115 Å². The standard InChI is InChI=1S/C12H17BrClN3/c1-7-2-4-17(5-3-7)12-9(15)6-8(14)11(16)10(12)13/h6-7H,2-5,15-16H2,1H3. The molecular weight excluding hydrogens is 302 g/mol. The van der Waals surface area contributed by atoms with Crippen LogP contribution in [0.25, 0.3) is 0 Å². The molecule has 0 spiro atoms. The van der Waals surface area contributed by atoms with Crippen molar-refractivity contribution in [2.24, 2.45) is 5.92 Å². The molecule has 1 aromatic rings. The molecule has 17 heavy (non-hydrogen) atoms. The molecule has 0 bridgehead atoms. The van der Waals surface area contributed by atoms with Gasteiger partial charge in [-0.25, -0.2) is 0 Å². The predicted octanol–water partition coefficient (Wildman–Crippen LogP) is 3.50. The van der Waals surface area contributed by atoms with Crippen LogP contribution in [-0.2, 0) is 0 Å². The summed E-state index contributed by atoms with van der Waals surface area (Å²) < 4.78 is 0.817. The molecule has 1 aliphatic rings. The number of hydrogen-bond acceptors (Lipinski definition) is 3. The second-order valence-corrected chi connectivity index (χ2v) is 5.89. The minimum atomic E-state index is 0.503. The Morgan fingerprint density at radius 3 is 2.53 bits per heavy atom. The van der Waals surface area contributed by atoms with E-state index in [1.54, 1.807) is 6.07 Å². The lowest BCUT2D eigenvalue weighted by atomic mass is 9.98. The number of nitrogen functional groups attached to an aromatic ring is 2. The van der Waals surface area contributed by atoms with Crippen LogP contribution in [0.1, 0.15) is 19.8 Å². The third-order valence-electron chi connectivity index (χ3n) is 3.36. The molecule has 1 heterocycles. The fourth-order valence-corrected chi connectivity index (χ4v) is 3.21. The average Bonchev–Trinajstić information content (AvgIpc) is 2.29. The Morgan fingerprint density at radius 1 is 1.35 bits per heavy atom. The van der Waals surface area contributed by atoms with Gasteiger partial charge in [0, 0.05) is 13.1 Å². The summed E-state index contributed by atoms with van der Waals surface area (Å²) in [5.41, 5.74) is 14.2. The summed E-state index contributed by atoms with van der Waals surface area (Å²) in [6, 6.07) is 1.73. The van der Waals surface area contributed by atoms with E-state index >= 15 is 0 Å². The van der Waals surface area contributed by atoms with Crippen molar-refractivity contribution in [3.05, 3.63) is 15.6 Å². The number of rotatable bonds is 1. The second-order valence-electron chi connectivity index (χ2n) is 4.69. The van der Waals surface area contributed by atoms with E-state index in [-0.39, 0.29) is 0 Å². The van der Waals surface area contributed by atoms with Gasteiger partial charge in [-0.2, -0.15) is 0 Å². The molecule has 2 rings (SSSR count). The van der Waals surface area contributed by atoms with E-state index in [4.69, 9.17) is 23.1 Å². The largest absolute Gasteiger partial charge is 0.397 e. The maximum atomic E-state index is 6.04. The normalized spacial score (nSPS) is 17.5. The fourth-order valence-electron chi connectivity index (χ4n) is 2.20. The molecule has 94 valence electrons. The number of anilines is 3. The zero-order chi connectivity index (χ0) is 12.6. The van der Waals surface area contributed by atoms with Crippen LogP contribution in [0.4, 0.5) is 17.1 Å². The third kappa shape index (κ3) is 2.47. The van der Waals surface area contributed by atoms with Crippen molar-refractivity contribution in [3.8, 4) is 0 Å². The highest BCUT2D eigenvalue weighted by Crippen LogP contribution is 2.42. The van der Waals surface area contributed by atoms with Gasteiger partial charge in [0.1, 0.15) is 0 Å². The summed E-state index contributed by atoms with van der Waals surface area (Å²) in [6.45, 7) is 4.32. The summed E-state index contributed by atoms with van der Waals surface area (Å²) in [5, 5.41) is 0.503. The molecule has 0 radical (unpaired) electrons. The van der Waals surface area contributed by atoms with E-state index < -0.39 is 0 Å². The van der Waals surface area contributed by atoms with E-state index in [2.05, 4.69) is 27.8 Å². The average molecular weight is 319 g/mol. The van der Waals surface area contributed by atoms with E-state index in [9.17, 15) is 0 Å². The minimum absolute atomic E-state index is 0.503. The smallest absolute Gasteiger partial charge is 0.0766 e. The Kier molecular flexibility index (Phi) is 3.73. The van der Waals surface area contributed by atoms with Crippen LogP contribution in [0.5, 0.6) is 0 Å². The van der Waals surface area contributed by atoms with Gasteiger partial charge in [0.2, 0.25) is 0 Å². The van der Waals surface area contributed by atoms with Crippen molar-refractivity contribution < 1.29 is 0 Å². The van der Waals surface area contributed by atoms with Gasteiger partial charge in [-0.3, -0.25) is 0 Å². The number of nitrogens with two attached hydrogens (primary N) is 2. The van der Waals surface area contributed by atoms with E-state index in [1.165, 1.54) is 12.8 Å². The molecule has 3 nitrogen and oxygen atoms in total. The van der Waals surface area contributed by atoms with Crippen LogP contribution in [0.2, 0.25) is 5.02 Å². The van der Waals surface area contributed by atoms with Gasteiger partial charge in [-0.1, -0.05) is 18.5 Å². The quantitative estimate of drug-likeness (QED) is 0.779. The van der Waals surface area contributed by atoms with Crippen LogP contribution in [0.15, 0.2) is 10.5 Å². The molecule has 1 aliphatic heterocycles. The molecule has 1 fully saturated rings. The fraction of sp³-hybridized carbons (Fsp3) is 0.500. The Morgan fingerprint density at radius 2 is 1.94 bits per heavy atom. The van der Waals surface area contributed by atoms with Gasteiger partial charge in [-0.15, -0.1) is 0 Å². The van der Waals surface area contributed by atoms with Gasteiger partial charge in [0.15, 0.2) is 0 Å². The molecule has 1 aromatic carbocycles. The van der Waals surface area contributed by atoms with Gasteiger partial charge >= 0.3 is 0 Å². The van der Waals surface area contributed by atoms with Gasteiger partial charge in [0.05, 0.1) is 26.6 Å². The van der Waals surface area contributed by atoms with Crippen molar-refractivity contribution in [2.45, 2.75) is 19.8 Å². The van der Waals surface area contributed by atoms with Gasteiger partial charge < -0.3 is 16.4 Å². The van der Waals surface area contributed by atoms with E-state index in [0.717, 1.165) is 29.2 Å². The van der Waals surface area contributed by atoms with E-state index in [1.807, 2.05) is 0 Å². The van der Waals surface area contributed by atoms with Crippen LogP contribution in [0, 0.1) is 5.92 Å². The van der Waals surface area contributed by atoms with Crippen molar-refractivity contribution in [3.63, 3.8) is 0 Å². The van der Waals surface area contributed by atoms with Crippen molar-refractivity contribution in [2.75, 3.05) is 29.5 Å². The molecule has 0 saturated carbocycles. The van der Waals surface area contributed by atoms with Crippen LogP contribution in [-0.4, -0.2) is 13.1 Å². The Bertz CT molecular complexity index is 428. The summed E-state index contributed by atoms with van der Waals surface area (Å²) >= 11 is 9.50. The molecule has 0 unspecified atom stereocenters. The predicted molar refractivity (Wildman–Crippen MR) is 78.6 cm³/mol. The highest BCUT2D eigenvalue weighted by atomic mass is 79.9. The van der Waals surface area contributed by atoms with Crippen LogP contribution in [0.3, 0.4) is 0 Å². The molecule has 0 aliphatic carbocycles. The summed E-state index contributed by atoms with van der Waals surface area (Å²) in [5.74, 6) is 0.788. The lowest BCUT2D eigenvalue weighted by molar-refractivity contribution is 0.438. The molecule has 0 aromatic heterocycles. The van der Waals surface area contributed by atoms with Crippen molar-refractivity contribution in [1.29, 1.82) is 0 Å². The zero-order valence-electron chi connectivity index (χ0n) is 9.84. The Balaban J connectivity index is 2.35. The first kappa shape index (κ1) is 12.8. The van der Waals surface area contributed by atoms with Crippen molar-refractivity contribution in [1.82, 2.24) is 0 Å². The lowest BCUT2D eigenvalue weighted by Crippen LogP contribution is -2.33.